The lowest BCUT2D eigenvalue weighted by Crippen LogP contribution is -2.13. The second kappa shape index (κ2) is 7.21. The number of aromatic nitrogens is 1. The Kier molecular flexibility index (Phi) is 5.32. The summed E-state index contributed by atoms with van der Waals surface area (Å²) < 4.78 is 18.9. The average molecular weight is 287 g/mol. The van der Waals surface area contributed by atoms with E-state index >= 15 is 0 Å². The van der Waals surface area contributed by atoms with E-state index in [0.29, 0.717) is 18.4 Å². The van der Waals surface area contributed by atoms with E-state index in [9.17, 15) is 4.39 Å². The molecule has 21 heavy (non-hydrogen) atoms. The Hall–Kier alpha value is -1.90. The zero-order chi connectivity index (χ0) is 15.2. The van der Waals surface area contributed by atoms with E-state index < -0.39 is 0 Å². The number of ether oxygens (including phenoxy) is 1. The molecule has 2 nitrogen and oxygen atoms in total. The molecule has 2 aromatic rings. The number of hydrogen-bond donors (Lipinski definition) is 0. The highest BCUT2D eigenvalue weighted by Gasteiger charge is 2.24. The van der Waals surface area contributed by atoms with Crippen LogP contribution in [0.5, 0.6) is 5.88 Å². The van der Waals surface area contributed by atoms with Crippen molar-refractivity contribution in [2.75, 3.05) is 6.61 Å². The molecule has 3 heteroatoms. The molecule has 0 amide bonds. The van der Waals surface area contributed by atoms with Gasteiger partial charge in [0.05, 0.1) is 6.61 Å². The van der Waals surface area contributed by atoms with Crippen LogP contribution in [0.4, 0.5) is 4.39 Å². The first kappa shape index (κ1) is 15.5. The lowest BCUT2D eigenvalue weighted by atomic mass is 9.81. The first-order valence-electron chi connectivity index (χ1n) is 7.50. The molecule has 0 bridgehead atoms. The van der Waals surface area contributed by atoms with Gasteiger partial charge in [-0.2, -0.15) is 0 Å². The highest BCUT2D eigenvalue weighted by atomic mass is 19.1. The van der Waals surface area contributed by atoms with Crippen molar-refractivity contribution in [2.24, 2.45) is 5.92 Å². The lowest BCUT2D eigenvalue weighted by Gasteiger charge is -2.25. The van der Waals surface area contributed by atoms with Crippen LogP contribution in [0.25, 0.3) is 0 Å². The molecular formula is C18H22FNO. The van der Waals surface area contributed by atoms with Crippen LogP contribution in [-0.2, 0) is 0 Å². The van der Waals surface area contributed by atoms with E-state index in [1.165, 1.54) is 12.1 Å². The van der Waals surface area contributed by atoms with Gasteiger partial charge in [0, 0.05) is 17.7 Å². The quantitative estimate of drug-likeness (QED) is 0.761. The van der Waals surface area contributed by atoms with Crippen molar-refractivity contribution < 1.29 is 9.13 Å². The molecule has 2 unspecified atom stereocenters. The second-order valence-electron chi connectivity index (χ2n) is 5.25. The van der Waals surface area contributed by atoms with Crippen molar-refractivity contribution in [1.82, 2.24) is 4.98 Å². The Morgan fingerprint density at radius 1 is 1.14 bits per heavy atom. The van der Waals surface area contributed by atoms with Gasteiger partial charge in [-0.3, -0.25) is 0 Å². The molecule has 1 aromatic heterocycles. The molecule has 0 aliphatic heterocycles. The Labute approximate surface area is 126 Å². The first-order chi connectivity index (χ1) is 10.2. The summed E-state index contributed by atoms with van der Waals surface area (Å²) in [5.41, 5.74) is 2.17. The van der Waals surface area contributed by atoms with Crippen LogP contribution in [0.2, 0.25) is 0 Å². The summed E-state index contributed by atoms with van der Waals surface area (Å²) in [6.07, 6.45) is 2.77. The van der Waals surface area contributed by atoms with Gasteiger partial charge < -0.3 is 4.74 Å². The summed E-state index contributed by atoms with van der Waals surface area (Å²) in [4.78, 5) is 4.35. The molecule has 0 fully saturated rings. The summed E-state index contributed by atoms with van der Waals surface area (Å²) in [6, 6.07) is 10.7. The van der Waals surface area contributed by atoms with Crippen LogP contribution < -0.4 is 4.74 Å². The molecule has 0 saturated heterocycles. The predicted molar refractivity (Wildman–Crippen MR) is 83.1 cm³/mol. The van der Waals surface area contributed by atoms with Gasteiger partial charge in [0.1, 0.15) is 5.82 Å². The summed E-state index contributed by atoms with van der Waals surface area (Å²) in [7, 11) is 0. The van der Waals surface area contributed by atoms with Crippen molar-refractivity contribution in [3.8, 4) is 5.88 Å². The fourth-order valence-corrected chi connectivity index (χ4v) is 2.62. The van der Waals surface area contributed by atoms with Gasteiger partial charge in [-0.15, -0.1) is 0 Å². The smallest absolute Gasteiger partial charge is 0.217 e. The van der Waals surface area contributed by atoms with Crippen LogP contribution in [0.15, 0.2) is 42.6 Å². The van der Waals surface area contributed by atoms with E-state index in [0.717, 1.165) is 17.5 Å². The number of halogens is 1. The predicted octanol–water partition coefficient (Wildman–Crippen LogP) is 4.80. The number of rotatable bonds is 6. The molecule has 2 rings (SSSR count). The van der Waals surface area contributed by atoms with E-state index in [-0.39, 0.29) is 11.7 Å². The average Bonchev–Trinajstić information content (AvgIpc) is 2.51. The lowest BCUT2D eigenvalue weighted by molar-refractivity contribution is 0.317. The number of hydrogen-bond acceptors (Lipinski definition) is 2. The Morgan fingerprint density at radius 2 is 1.86 bits per heavy atom. The number of benzene rings is 1. The molecule has 0 aliphatic rings. The molecule has 1 heterocycles. The Balaban J connectivity index is 2.48. The minimum atomic E-state index is -0.210. The van der Waals surface area contributed by atoms with E-state index in [2.05, 4.69) is 24.9 Å². The maximum absolute atomic E-state index is 13.2. The summed E-state index contributed by atoms with van der Waals surface area (Å²) in [6.45, 7) is 6.91. The standard InChI is InChI=1S/C18H22FNO/c1-4-13(3)17(14-8-10-15(19)11-9-14)16-7-6-12-20-18(16)21-5-2/h6-13,17H,4-5H2,1-3H3. The van der Waals surface area contributed by atoms with Crippen LogP contribution in [0.3, 0.4) is 0 Å². The van der Waals surface area contributed by atoms with Crippen LogP contribution >= 0.6 is 0 Å². The molecule has 0 radical (unpaired) electrons. The topological polar surface area (TPSA) is 22.1 Å². The van der Waals surface area contributed by atoms with Crippen molar-refractivity contribution in [3.05, 3.63) is 59.5 Å². The SMILES string of the molecule is CCOc1ncccc1C(c1ccc(F)cc1)C(C)CC. The van der Waals surface area contributed by atoms with Crippen molar-refractivity contribution >= 4 is 0 Å². The summed E-state index contributed by atoms with van der Waals surface area (Å²) in [5.74, 6) is 1.04. The van der Waals surface area contributed by atoms with Gasteiger partial charge in [0.15, 0.2) is 0 Å². The normalized spacial score (nSPS) is 13.7. The van der Waals surface area contributed by atoms with E-state index in [4.69, 9.17) is 4.74 Å². The van der Waals surface area contributed by atoms with Gasteiger partial charge in [-0.05, 0) is 36.6 Å². The second-order valence-corrected chi connectivity index (χ2v) is 5.25. The minimum Gasteiger partial charge on any atom is -0.478 e. The molecule has 0 spiro atoms. The monoisotopic (exact) mass is 287 g/mol. The third-order valence-electron chi connectivity index (χ3n) is 3.86. The van der Waals surface area contributed by atoms with Gasteiger partial charge in [-0.25, -0.2) is 9.37 Å². The third kappa shape index (κ3) is 3.60. The molecule has 0 N–H and O–H groups in total. The van der Waals surface area contributed by atoms with Crippen molar-refractivity contribution in [2.45, 2.75) is 33.1 Å². The number of pyridine rings is 1. The maximum atomic E-state index is 13.2. The highest BCUT2D eigenvalue weighted by molar-refractivity contribution is 5.38. The highest BCUT2D eigenvalue weighted by Crippen LogP contribution is 2.37. The van der Waals surface area contributed by atoms with Crippen LogP contribution in [0.1, 0.15) is 44.2 Å². The molecule has 1 aromatic carbocycles. The number of nitrogens with zero attached hydrogens (tertiary/aromatic N) is 1. The van der Waals surface area contributed by atoms with Gasteiger partial charge in [0.2, 0.25) is 5.88 Å². The molecule has 2 atom stereocenters. The summed E-state index contributed by atoms with van der Waals surface area (Å²) in [5, 5.41) is 0. The molecule has 0 saturated carbocycles. The third-order valence-corrected chi connectivity index (χ3v) is 3.86. The van der Waals surface area contributed by atoms with Crippen LogP contribution in [-0.4, -0.2) is 11.6 Å². The zero-order valence-electron chi connectivity index (χ0n) is 12.8. The maximum Gasteiger partial charge on any atom is 0.217 e. The molecule has 112 valence electrons. The van der Waals surface area contributed by atoms with E-state index in [1.54, 1.807) is 6.20 Å². The van der Waals surface area contributed by atoms with Gasteiger partial charge in [0.25, 0.3) is 0 Å². The van der Waals surface area contributed by atoms with Crippen molar-refractivity contribution in [1.29, 1.82) is 0 Å². The fraction of sp³-hybridized carbons (Fsp3) is 0.389. The Bertz CT molecular complexity index is 568. The van der Waals surface area contributed by atoms with E-state index in [1.807, 2.05) is 25.1 Å². The van der Waals surface area contributed by atoms with Gasteiger partial charge in [-0.1, -0.05) is 38.5 Å². The van der Waals surface area contributed by atoms with Gasteiger partial charge >= 0.3 is 0 Å². The molecule has 0 aliphatic carbocycles. The molecular weight excluding hydrogens is 265 g/mol. The Morgan fingerprint density at radius 3 is 2.48 bits per heavy atom. The summed E-state index contributed by atoms with van der Waals surface area (Å²) >= 11 is 0. The fourth-order valence-electron chi connectivity index (χ4n) is 2.62. The zero-order valence-corrected chi connectivity index (χ0v) is 12.8. The largest absolute Gasteiger partial charge is 0.478 e. The minimum absolute atomic E-state index is 0.158. The first-order valence-corrected chi connectivity index (χ1v) is 7.50. The van der Waals surface area contributed by atoms with Crippen molar-refractivity contribution in [3.63, 3.8) is 0 Å². The van der Waals surface area contributed by atoms with Crippen LogP contribution in [0, 0.1) is 11.7 Å².